The lowest BCUT2D eigenvalue weighted by Gasteiger charge is -2.22. The van der Waals surface area contributed by atoms with Gasteiger partial charge in [0.05, 0.1) is 4.92 Å². The van der Waals surface area contributed by atoms with Gasteiger partial charge >= 0.3 is 5.69 Å². The van der Waals surface area contributed by atoms with Crippen LogP contribution >= 0.6 is 0 Å². The van der Waals surface area contributed by atoms with Crippen LogP contribution < -0.4 is 10.6 Å². The zero-order chi connectivity index (χ0) is 18.6. The van der Waals surface area contributed by atoms with E-state index >= 15 is 0 Å². The van der Waals surface area contributed by atoms with E-state index < -0.39 is 10.8 Å². The second-order valence-corrected chi connectivity index (χ2v) is 5.53. The molecule has 2 N–H and O–H groups in total. The number of rotatable bonds is 7. The summed E-state index contributed by atoms with van der Waals surface area (Å²) < 4.78 is 1.30. The molecule has 0 aliphatic carbocycles. The van der Waals surface area contributed by atoms with Crippen molar-refractivity contribution in [3.8, 4) is 0 Å². The van der Waals surface area contributed by atoms with Crippen LogP contribution in [-0.2, 0) is 16.1 Å². The van der Waals surface area contributed by atoms with E-state index in [9.17, 15) is 19.7 Å². The fourth-order valence-electron chi connectivity index (χ4n) is 2.55. The number of hydrogen-bond donors (Lipinski definition) is 1. The molecule has 0 fully saturated rings. The molecule has 0 spiro atoms. The molecule has 2 aromatic rings. The SMILES string of the molecule is Cc1nn(CC(=O)N(CCC(N)=O)c2ccccc2)c(C)c1[N+](=O)[O-]. The van der Waals surface area contributed by atoms with Crippen LogP contribution in [0.4, 0.5) is 11.4 Å². The Morgan fingerprint density at radius 2 is 1.92 bits per heavy atom. The number of nitrogens with zero attached hydrogens (tertiary/aromatic N) is 4. The van der Waals surface area contributed by atoms with Gasteiger partial charge in [-0.3, -0.25) is 24.4 Å². The quantitative estimate of drug-likeness (QED) is 0.598. The number of hydrogen-bond acceptors (Lipinski definition) is 5. The van der Waals surface area contributed by atoms with Gasteiger partial charge in [0.2, 0.25) is 11.8 Å². The second-order valence-electron chi connectivity index (χ2n) is 5.53. The molecule has 2 rings (SSSR count). The number of nitrogens with two attached hydrogens (primary N) is 1. The van der Waals surface area contributed by atoms with Crippen LogP contribution in [-0.4, -0.2) is 33.1 Å². The molecule has 1 heterocycles. The predicted octanol–water partition coefficient (Wildman–Crippen LogP) is 1.32. The summed E-state index contributed by atoms with van der Waals surface area (Å²) in [6.07, 6.45) is 0.0118. The number of carbonyl (C=O) groups excluding carboxylic acids is 2. The number of para-hydroxylation sites is 1. The molecule has 9 heteroatoms. The monoisotopic (exact) mass is 345 g/mol. The first kappa shape index (κ1) is 18.1. The summed E-state index contributed by atoms with van der Waals surface area (Å²) in [4.78, 5) is 35.8. The van der Waals surface area contributed by atoms with Crippen molar-refractivity contribution < 1.29 is 14.5 Å². The number of nitro groups is 1. The fourth-order valence-corrected chi connectivity index (χ4v) is 2.55. The third kappa shape index (κ3) is 4.19. The van der Waals surface area contributed by atoms with Crippen LogP contribution in [0, 0.1) is 24.0 Å². The molecule has 25 heavy (non-hydrogen) atoms. The summed E-state index contributed by atoms with van der Waals surface area (Å²) in [7, 11) is 0. The zero-order valence-corrected chi connectivity index (χ0v) is 14.0. The summed E-state index contributed by atoms with van der Waals surface area (Å²) in [5, 5.41) is 15.2. The van der Waals surface area contributed by atoms with Crippen molar-refractivity contribution in [1.82, 2.24) is 9.78 Å². The molecule has 0 bridgehead atoms. The lowest BCUT2D eigenvalue weighted by molar-refractivity contribution is -0.386. The molecule has 0 atom stereocenters. The van der Waals surface area contributed by atoms with Crippen molar-refractivity contribution in [3.05, 3.63) is 51.8 Å². The molecule has 1 aromatic carbocycles. The van der Waals surface area contributed by atoms with E-state index in [2.05, 4.69) is 5.10 Å². The van der Waals surface area contributed by atoms with E-state index in [0.717, 1.165) is 0 Å². The molecular weight excluding hydrogens is 326 g/mol. The van der Waals surface area contributed by atoms with Gasteiger partial charge in [-0.1, -0.05) is 18.2 Å². The Morgan fingerprint density at radius 3 is 2.44 bits per heavy atom. The predicted molar refractivity (Wildman–Crippen MR) is 91.0 cm³/mol. The van der Waals surface area contributed by atoms with Gasteiger partial charge in [-0.2, -0.15) is 5.10 Å². The Hall–Kier alpha value is -3.23. The highest BCUT2D eigenvalue weighted by Crippen LogP contribution is 2.22. The van der Waals surface area contributed by atoms with Gasteiger partial charge in [-0.05, 0) is 26.0 Å². The number of carbonyl (C=O) groups is 2. The highest BCUT2D eigenvalue weighted by Gasteiger charge is 2.24. The Bertz CT molecular complexity index is 800. The van der Waals surface area contributed by atoms with Gasteiger partial charge in [0.15, 0.2) is 0 Å². The lowest BCUT2D eigenvalue weighted by atomic mass is 10.2. The lowest BCUT2D eigenvalue weighted by Crippen LogP contribution is -2.36. The molecule has 0 aliphatic heterocycles. The number of aromatic nitrogens is 2. The molecule has 1 aromatic heterocycles. The highest BCUT2D eigenvalue weighted by atomic mass is 16.6. The smallest absolute Gasteiger partial charge is 0.312 e. The minimum absolute atomic E-state index is 0.0118. The van der Waals surface area contributed by atoms with E-state index in [0.29, 0.717) is 11.4 Å². The number of aryl methyl sites for hydroxylation is 1. The van der Waals surface area contributed by atoms with E-state index in [4.69, 9.17) is 5.73 Å². The van der Waals surface area contributed by atoms with Gasteiger partial charge in [-0.25, -0.2) is 0 Å². The standard InChI is InChI=1S/C16H19N5O4/c1-11-16(21(24)25)12(2)20(18-11)10-15(23)19(9-8-14(17)22)13-6-4-3-5-7-13/h3-7H,8-10H2,1-2H3,(H2,17,22). The Balaban J connectivity index is 2.27. The summed E-state index contributed by atoms with van der Waals surface area (Å²) >= 11 is 0. The fraction of sp³-hybridized carbons (Fsp3) is 0.312. The molecule has 0 radical (unpaired) electrons. The first-order chi connectivity index (χ1) is 11.8. The Kier molecular flexibility index (Phi) is 5.48. The molecule has 0 saturated heterocycles. The Morgan fingerprint density at radius 1 is 1.28 bits per heavy atom. The molecule has 2 amide bonds. The van der Waals surface area contributed by atoms with Gasteiger partial charge in [0.25, 0.3) is 0 Å². The van der Waals surface area contributed by atoms with Crippen LogP contribution in [0.25, 0.3) is 0 Å². The van der Waals surface area contributed by atoms with Crippen LogP contribution in [0.5, 0.6) is 0 Å². The third-order valence-electron chi connectivity index (χ3n) is 3.76. The van der Waals surface area contributed by atoms with Gasteiger partial charge in [0, 0.05) is 18.7 Å². The topological polar surface area (TPSA) is 124 Å². The molecule has 9 nitrogen and oxygen atoms in total. The van der Waals surface area contributed by atoms with Crippen LogP contribution in [0.3, 0.4) is 0 Å². The summed E-state index contributed by atoms with van der Waals surface area (Å²) in [6.45, 7) is 3.02. The van der Waals surface area contributed by atoms with E-state index in [1.807, 2.05) is 6.07 Å². The molecule has 0 saturated carbocycles. The maximum absolute atomic E-state index is 12.7. The van der Waals surface area contributed by atoms with Crippen molar-refractivity contribution in [1.29, 1.82) is 0 Å². The molecule has 0 unspecified atom stereocenters. The van der Waals surface area contributed by atoms with Crippen molar-refractivity contribution in [2.45, 2.75) is 26.8 Å². The average molecular weight is 345 g/mol. The third-order valence-corrected chi connectivity index (χ3v) is 3.76. The number of benzene rings is 1. The number of amides is 2. The maximum atomic E-state index is 12.7. The van der Waals surface area contributed by atoms with Crippen LogP contribution in [0.15, 0.2) is 30.3 Å². The van der Waals surface area contributed by atoms with E-state index in [1.54, 1.807) is 31.2 Å². The van der Waals surface area contributed by atoms with Crippen molar-refractivity contribution in [2.75, 3.05) is 11.4 Å². The van der Waals surface area contributed by atoms with Crippen molar-refractivity contribution in [3.63, 3.8) is 0 Å². The average Bonchev–Trinajstić information content (AvgIpc) is 2.82. The minimum Gasteiger partial charge on any atom is -0.370 e. The Labute approximate surface area is 144 Å². The van der Waals surface area contributed by atoms with E-state index in [-0.39, 0.29) is 36.8 Å². The van der Waals surface area contributed by atoms with Gasteiger partial charge < -0.3 is 10.6 Å². The van der Waals surface area contributed by atoms with Crippen LogP contribution in [0.2, 0.25) is 0 Å². The number of anilines is 1. The minimum atomic E-state index is -0.518. The summed E-state index contributed by atoms with van der Waals surface area (Å²) in [6, 6.07) is 8.83. The maximum Gasteiger partial charge on any atom is 0.312 e. The number of primary amides is 1. The van der Waals surface area contributed by atoms with E-state index in [1.165, 1.54) is 16.5 Å². The normalized spacial score (nSPS) is 10.5. The zero-order valence-electron chi connectivity index (χ0n) is 14.0. The summed E-state index contributed by atoms with van der Waals surface area (Å²) in [5.41, 5.74) is 6.25. The largest absolute Gasteiger partial charge is 0.370 e. The molecule has 0 aliphatic rings. The molecule has 132 valence electrons. The first-order valence-corrected chi connectivity index (χ1v) is 7.63. The first-order valence-electron chi connectivity index (χ1n) is 7.63. The highest BCUT2D eigenvalue weighted by molar-refractivity contribution is 5.93. The van der Waals surface area contributed by atoms with Crippen molar-refractivity contribution in [2.24, 2.45) is 5.73 Å². The van der Waals surface area contributed by atoms with Crippen molar-refractivity contribution >= 4 is 23.2 Å². The van der Waals surface area contributed by atoms with Gasteiger partial charge in [0.1, 0.15) is 17.9 Å². The second kappa shape index (κ2) is 7.56. The van der Waals surface area contributed by atoms with Gasteiger partial charge in [-0.15, -0.1) is 0 Å². The molecular formula is C16H19N5O4. The summed E-state index contributed by atoms with van der Waals surface area (Å²) in [5.74, 6) is -0.858. The van der Waals surface area contributed by atoms with Crippen LogP contribution in [0.1, 0.15) is 17.8 Å².